The second-order valence-electron chi connectivity index (χ2n) is 10.6. The number of fused-ring (bicyclic) bond motifs is 1. The van der Waals surface area contributed by atoms with E-state index in [1.54, 1.807) is 12.1 Å². The summed E-state index contributed by atoms with van der Waals surface area (Å²) in [6, 6.07) is 18.4. The van der Waals surface area contributed by atoms with E-state index >= 15 is 0 Å². The van der Waals surface area contributed by atoms with Gasteiger partial charge >= 0.3 is 12.1 Å². The van der Waals surface area contributed by atoms with Gasteiger partial charge in [-0.15, -0.1) is 0 Å². The molecule has 2 amide bonds. The number of alkyl halides is 3. The van der Waals surface area contributed by atoms with Crippen LogP contribution in [-0.4, -0.2) is 73.0 Å². The first-order valence-electron chi connectivity index (χ1n) is 14.1. The molecule has 0 saturated carbocycles. The molecule has 46 heavy (non-hydrogen) atoms. The molecule has 0 radical (unpaired) electrons. The van der Waals surface area contributed by atoms with E-state index < -0.39 is 18.1 Å². The Labute approximate surface area is 267 Å². The van der Waals surface area contributed by atoms with Crippen molar-refractivity contribution in [1.29, 1.82) is 0 Å². The number of carboxylic acids is 1. The molecule has 15 heteroatoms. The van der Waals surface area contributed by atoms with Crippen molar-refractivity contribution in [3.63, 3.8) is 0 Å². The van der Waals surface area contributed by atoms with Crippen molar-refractivity contribution >= 4 is 46.4 Å². The van der Waals surface area contributed by atoms with Gasteiger partial charge in [0.05, 0.1) is 5.39 Å². The molecule has 246 valence electrons. The van der Waals surface area contributed by atoms with Crippen LogP contribution in [0, 0.1) is 5.92 Å². The Morgan fingerprint density at radius 1 is 1.04 bits per heavy atom. The minimum atomic E-state index is -5.08. The second-order valence-corrected chi connectivity index (χ2v) is 11.4. The number of thioether (sulfide) groups is 1. The summed E-state index contributed by atoms with van der Waals surface area (Å²) in [5.41, 5.74) is 8.62. The minimum Gasteiger partial charge on any atom is -0.508 e. The fourth-order valence-electron chi connectivity index (χ4n) is 4.40. The first-order chi connectivity index (χ1) is 21.7. The Hall–Kier alpha value is -4.79. The van der Waals surface area contributed by atoms with E-state index in [1.165, 1.54) is 16.7 Å². The fraction of sp³-hybridized carbons (Fsp3) is 0.323. The number of benzene rings is 2. The van der Waals surface area contributed by atoms with Crippen LogP contribution in [0.1, 0.15) is 35.5 Å². The van der Waals surface area contributed by atoms with Gasteiger partial charge in [-0.05, 0) is 47.9 Å². The van der Waals surface area contributed by atoms with Gasteiger partial charge in [0.2, 0.25) is 5.91 Å². The van der Waals surface area contributed by atoms with Gasteiger partial charge in [-0.1, -0.05) is 68.1 Å². The molecule has 0 fully saturated rings. The standard InChI is InChI=1S/C29H34N6O3S.C2HF3O2/c1-19(2)16-35-24(28(38)34(18-25(30)37)17-21-7-5-4-6-8-21)15-23-26(32-29(39-3)33-27(23)35)31-14-13-20-9-11-22(36)12-10-20;3-2(4,5)1(6)7/h4-12,15,19,36H,13-14,16-18H2,1-3H3,(H2,30,37)(H,31,32,33);(H,6,7). The molecule has 11 nitrogen and oxygen atoms in total. The molecule has 0 aliphatic heterocycles. The normalized spacial score (nSPS) is 11.2. The molecular weight excluding hydrogens is 625 g/mol. The maximum Gasteiger partial charge on any atom is 0.490 e. The van der Waals surface area contributed by atoms with E-state index in [2.05, 4.69) is 19.2 Å². The Bertz CT molecular complexity index is 1650. The Morgan fingerprint density at radius 3 is 2.22 bits per heavy atom. The number of nitrogens with zero attached hydrogens (tertiary/aromatic N) is 4. The smallest absolute Gasteiger partial charge is 0.490 e. The third kappa shape index (κ3) is 10.1. The molecule has 2 heterocycles. The van der Waals surface area contributed by atoms with Crippen molar-refractivity contribution in [1.82, 2.24) is 19.4 Å². The first-order valence-corrected chi connectivity index (χ1v) is 15.3. The number of hydrogen-bond acceptors (Lipinski definition) is 8. The number of nitrogens with one attached hydrogen (secondary N) is 1. The number of halogens is 3. The molecule has 0 bridgehead atoms. The van der Waals surface area contributed by atoms with Crippen molar-refractivity contribution in [3.05, 3.63) is 77.5 Å². The molecular formula is C31H35F3N6O5S. The average molecular weight is 661 g/mol. The van der Waals surface area contributed by atoms with Crippen LogP contribution in [-0.2, 0) is 29.1 Å². The summed E-state index contributed by atoms with van der Waals surface area (Å²) in [5, 5.41) is 21.4. The number of rotatable bonds is 12. The molecule has 4 rings (SSSR count). The van der Waals surface area contributed by atoms with Crippen LogP contribution in [0.25, 0.3) is 11.0 Å². The topological polar surface area (TPSA) is 164 Å². The molecule has 0 aliphatic rings. The molecule has 2 aromatic heterocycles. The molecule has 0 atom stereocenters. The lowest BCUT2D eigenvalue weighted by atomic mass is 10.1. The van der Waals surface area contributed by atoms with Gasteiger partial charge in [-0.2, -0.15) is 13.2 Å². The quantitative estimate of drug-likeness (QED) is 0.122. The lowest BCUT2D eigenvalue weighted by molar-refractivity contribution is -0.192. The van der Waals surface area contributed by atoms with Crippen LogP contribution in [0.5, 0.6) is 5.75 Å². The van der Waals surface area contributed by atoms with Crippen LogP contribution in [0.2, 0.25) is 0 Å². The van der Waals surface area contributed by atoms with Crippen LogP contribution in [0.3, 0.4) is 0 Å². The summed E-state index contributed by atoms with van der Waals surface area (Å²) in [6.45, 7) is 5.39. The van der Waals surface area contributed by atoms with Crippen LogP contribution >= 0.6 is 11.8 Å². The second kappa shape index (κ2) is 16.0. The zero-order valence-electron chi connectivity index (χ0n) is 25.4. The number of aromatic hydroxyl groups is 1. The fourth-order valence-corrected chi connectivity index (χ4v) is 4.76. The summed E-state index contributed by atoms with van der Waals surface area (Å²) >= 11 is 1.43. The van der Waals surface area contributed by atoms with Crippen molar-refractivity contribution in [2.75, 3.05) is 24.7 Å². The predicted octanol–water partition coefficient (Wildman–Crippen LogP) is 4.93. The summed E-state index contributed by atoms with van der Waals surface area (Å²) in [6.07, 6.45) is -2.44. The number of carbonyl (C=O) groups is 3. The summed E-state index contributed by atoms with van der Waals surface area (Å²) in [5.74, 6) is -2.51. The SMILES string of the molecule is CSc1nc(NCCc2ccc(O)cc2)c2cc(C(=O)N(CC(N)=O)Cc3ccccc3)n(CC(C)C)c2n1.O=C(O)C(F)(F)F. The van der Waals surface area contributed by atoms with Gasteiger partial charge in [0.15, 0.2) is 5.16 Å². The average Bonchev–Trinajstić information content (AvgIpc) is 3.35. The molecule has 4 aromatic rings. The molecule has 2 aromatic carbocycles. The highest BCUT2D eigenvalue weighted by Crippen LogP contribution is 2.29. The molecule has 0 spiro atoms. The van der Waals surface area contributed by atoms with Crippen molar-refractivity contribution in [2.24, 2.45) is 11.7 Å². The molecule has 0 saturated heterocycles. The number of carbonyl (C=O) groups excluding carboxylic acids is 2. The summed E-state index contributed by atoms with van der Waals surface area (Å²) in [4.78, 5) is 45.7. The van der Waals surface area contributed by atoms with Gasteiger partial charge in [-0.3, -0.25) is 9.59 Å². The van der Waals surface area contributed by atoms with Gasteiger partial charge in [-0.25, -0.2) is 14.8 Å². The van der Waals surface area contributed by atoms with E-state index in [1.807, 2.05) is 59.4 Å². The van der Waals surface area contributed by atoms with Crippen LogP contribution in [0.15, 0.2) is 65.8 Å². The van der Waals surface area contributed by atoms with Gasteiger partial charge in [0.1, 0.15) is 29.5 Å². The first kappa shape index (κ1) is 35.7. The zero-order valence-corrected chi connectivity index (χ0v) is 26.2. The number of aromatic nitrogens is 3. The molecule has 0 unspecified atom stereocenters. The Balaban J connectivity index is 0.000000738. The van der Waals surface area contributed by atoms with E-state index in [0.717, 1.165) is 22.9 Å². The van der Waals surface area contributed by atoms with Crippen LogP contribution in [0.4, 0.5) is 19.0 Å². The number of amides is 2. The number of phenolic OH excluding ortho intramolecular Hbond substituents is 1. The third-order valence-corrected chi connectivity index (χ3v) is 6.96. The highest BCUT2D eigenvalue weighted by Gasteiger charge is 2.38. The maximum absolute atomic E-state index is 14.0. The highest BCUT2D eigenvalue weighted by atomic mass is 32.2. The monoisotopic (exact) mass is 660 g/mol. The number of phenols is 1. The molecule has 5 N–H and O–H groups in total. The number of hydrogen-bond donors (Lipinski definition) is 4. The van der Waals surface area contributed by atoms with Crippen molar-refractivity contribution in [2.45, 2.75) is 44.7 Å². The van der Waals surface area contributed by atoms with Gasteiger partial charge in [0.25, 0.3) is 5.91 Å². The van der Waals surface area contributed by atoms with Gasteiger partial charge in [0, 0.05) is 19.6 Å². The largest absolute Gasteiger partial charge is 0.508 e. The Morgan fingerprint density at radius 2 is 1.67 bits per heavy atom. The van der Waals surface area contributed by atoms with E-state index in [9.17, 15) is 27.9 Å². The zero-order chi connectivity index (χ0) is 34.0. The maximum atomic E-state index is 14.0. The predicted molar refractivity (Wildman–Crippen MR) is 169 cm³/mol. The minimum absolute atomic E-state index is 0.198. The number of nitrogens with two attached hydrogens (primary N) is 1. The highest BCUT2D eigenvalue weighted by molar-refractivity contribution is 7.98. The van der Waals surface area contributed by atoms with E-state index in [-0.39, 0.29) is 30.7 Å². The lowest BCUT2D eigenvalue weighted by Gasteiger charge is -2.22. The van der Waals surface area contributed by atoms with Crippen LogP contribution < -0.4 is 11.1 Å². The van der Waals surface area contributed by atoms with Gasteiger partial charge < -0.3 is 30.7 Å². The third-order valence-electron chi connectivity index (χ3n) is 6.42. The summed E-state index contributed by atoms with van der Waals surface area (Å²) < 4.78 is 33.7. The van der Waals surface area contributed by atoms with Crippen molar-refractivity contribution in [3.8, 4) is 5.75 Å². The number of primary amides is 1. The molecule has 0 aliphatic carbocycles. The number of aliphatic carboxylic acids is 1. The van der Waals surface area contributed by atoms with Crippen molar-refractivity contribution < 1.29 is 37.8 Å². The lowest BCUT2D eigenvalue weighted by Crippen LogP contribution is -2.39. The number of anilines is 1. The van der Waals surface area contributed by atoms with E-state index in [4.69, 9.17) is 25.6 Å². The number of carboxylic acid groups (broad SMARTS) is 1. The summed E-state index contributed by atoms with van der Waals surface area (Å²) in [7, 11) is 0. The Kier molecular flexibility index (Phi) is 12.4. The van der Waals surface area contributed by atoms with E-state index in [0.29, 0.717) is 35.4 Å².